The molecule has 202 valence electrons. The zero-order chi connectivity index (χ0) is 25.1. The lowest BCUT2D eigenvalue weighted by molar-refractivity contribution is -0.136. The van der Waals surface area contributed by atoms with Crippen LogP contribution >= 0.6 is 0 Å². The average molecular weight is 508 g/mol. The normalized spacial score (nSPS) is 27.3. The van der Waals surface area contributed by atoms with E-state index < -0.39 is 0 Å². The fourth-order valence-electron chi connectivity index (χ4n) is 7.75. The molecular weight excluding hydrogens is 462 g/mol. The molecule has 2 aromatic rings. The first-order chi connectivity index (χ1) is 18.2. The van der Waals surface area contributed by atoms with E-state index in [9.17, 15) is 4.79 Å². The highest BCUT2D eigenvalue weighted by Gasteiger charge is 2.44. The van der Waals surface area contributed by atoms with Gasteiger partial charge >= 0.3 is 0 Å². The number of amides is 1. The van der Waals surface area contributed by atoms with Crippen LogP contribution in [-0.2, 0) is 17.9 Å². The van der Waals surface area contributed by atoms with Gasteiger partial charge in [0.25, 0.3) is 0 Å². The molecule has 37 heavy (non-hydrogen) atoms. The van der Waals surface area contributed by atoms with E-state index in [4.69, 9.17) is 0 Å². The third-order valence-corrected chi connectivity index (χ3v) is 10.1. The largest absolute Gasteiger partial charge is 0.348 e. The van der Waals surface area contributed by atoms with E-state index >= 15 is 0 Å². The number of aromatic amines is 2. The Morgan fingerprint density at radius 2 is 1.49 bits per heavy atom. The molecule has 4 aliphatic rings. The minimum atomic E-state index is 0.197. The number of hydrogen-bond donors (Lipinski definition) is 2. The molecule has 1 amide bonds. The van der Waals surface area contributed by atoms with E-state index in [1.165, 1.54) is 64.5 Å². The molecule has 1 spiro atoms. The zero-order valence-corrected chi connectivity index (χ0v) is 22.4. The molecule has 0 atom stereocenters. The molecule has 0 bridgehead atoms. The monoisotopic (exact) mass is 507 g/mol. The number of hydrogen-bond acceptors (Lipinski definition) is 5. The minimum Gasteiger partial charge on any atom is -0.348 e. The number of nitrogens with zero attached hydrogens (tertiary/aromatic N) is 5. The summed E-state index contributed by atoms with van der Waals surface area (Å²) in [5.74, 6) is 2.61. The molecule has 0 aromatic carbocycles. The molecular formula is C29H45N7O. The van der Waals surface area contributed by atoms with Crippen molar-refractivity contribution in [3.63, 3.8) is 0 Å². The topological polar surface area (TPSA) is 84.1 Å². The summed E-state index contributed by atoms with van der Waals surface area (Å²) in [6, 6.07) is 1.29. The van der Waals surface area contributed by atoms with Gasteiger partial charge in [0.15, 0.2) is 0 Å². The van der Waals surface area contributed by atoms with Crippen LogP contribution in [0.4, 0.5) is 0 Å². The lowest BCUT2D eigenvalue weighted by atomic mass is 9.77. The molecule has 2 aliphatic heterocycles. The first-order valence-electron chi connectivity index (χ1n) is 14.9. The standard InChI is InChI=1S/C29H45N7O/c37-28(35-19-12-29(22-35)10-17-34(18-11-29)24-4-2-1-3-5-24)23-6-8-25(9-7-23)36(20-26-30-13-14-31-26)21-27-32-15-16-33-27/h13-16,23-25H,1-12,17-22H2,(H,30,31)(H,32,33). The molecule has 0 radical (unpaired) electrons. The van der Waals surface area contributed by atoms with Gasteiger partial charge in [-0.1, -0.05) is 19.3 Å². The first-order valence-corrected chi connectivity index (χ1v) is 14.9. The van der Waals surface area contributed by atoms with Crippen LogP contribution in [0.25, 0.3) is 0 Å². The molecule has 2 saturated heterocycles. The summed E-state index contributed by atoms with van der Waals surface area (Å²) in [7, 11) is 0. The highest BCUT2D eigenvalue weighted by molar-refractivity contribution is 5.79. The molecule has 8 heteroatoms. The quantitative estimate of drug-likeness (QED) is 0.582. The van der Waals surface area contributed by atoms with Crippen LogP contribution in [0, 0.1) is 11.3 Å². The van der Waals surface area contributed by atoms with Gasteiger partial charge in [-0.25, -0.2) is 9.97 Å². The SMILES string of the molecule is O=C(C1CCC(N(Cc2ncc[nH]2)Cc2ncc[nH]2)CC1)N1CCC2(CCN(C3CCCCC3)CC2)C1. The predicted molar refractivity (Wildman–Crippen MR) is 143 cm³/mol. The fourth-order valence-corrected chi connectivity index (χ4v) is 7.75. The number of H-pyrrole nitrogens is 2. The van der Waals surface area contributed by atoms with Crippen molar-refractivity contribution in [1.82, 2.24) is 34.6 Å². The van der Waals surface area contributed by atoms with Gasteiger partial charge < -0.3 is 19.8 Å². The Balaban J connectivity index is 1.00. The molecule has 2 N–H and O–H groups in total. The summed E-state index contributed by atoms with van der Waals surface area (Å²) < 4.78 is 0. The summed E-state index contributed by atoms with van der Waals surface area (Å²) in [4.78, 5) is 36.5. The summed E-state index contributed by atoms with van der Waals surface area (Å²) in [6.45, 7) is 6.05. The van der Waals surface area contributed by atoms with Crippen molar-refractivity contribution in [2.24, 2.45) is 11.3 Å². The molecule has 4 heterocycles. The minimum absolute atomic E-state index is 0.197. The average Bonchev–Trinajstić information content (AvgIpc) is 3.73. The number of rotatable bonds is 7. The van der Waals surface area contributed by atoms with Crippen molar-refractivity contribution in [1.29, 1.82) is 0 Å². The Hall–Kier alpha value is -2.19. The highest BCUT2D eigenvalue weighted by atomic mass is 16.2. The van der Waals surface area contributed by atoms with Crippen molar-refractivity contribution in [3.8, 4) is 0 Å². The summed E-state index contributed by atoms with van der Waals surface area (Å²) in [5, 5.41) is 0. The third-order valence-electron chi connectivity index (χ3n) is 10.1. The van der Waals surface area contributed by atoms with Crippen LogP contribution in [0.2, 0.25) is 0 Å². The maximum absolute atomic E-state index is 13.6. The van der Waals surface area contributed by atoms with Gasteiger partial charge in [0.2, 0.25) is 5.91 Å². The molecule has 0 unspecified atom stereocenters. The molecule has 4 fully saturated rings. The van der Waals surface area contributed by atoms with E-state index in [2.05, 4.69) is 34.6 Å². The van der Waals surface area contributed by atoms with Gasteiger partial charge in [-0.15, -0.1) is 0 Å². The second-order valence-corrected chi connectivity index (χ2v) is 12.3. The van der Waals surface area contributed by atoms with Gasteiger partial charge in [-0.2, -0.15) is 0 Å². The van der Waals surface area contributed by atoms with Crippen LogP contribution < -0.4 is 0 Å². The molecule has 6 rings (SSSR count). The number of carbonyl (C=O) groups excluding carboxylic acids is 1. The lowest BCUT2D eigenvalue weighted by Crippen LogP contribution is -2.47. The first kappa shape index (κ1) is 25.1. The van der Waals surface area contributed by atoms with Crippen LogP contribution in [0.5, 0.6) is 0 Å². The second-order valence-electron chi connectivity index (χ2n) is 12.3. The number of carbonyl (C=O) groups is 1. The Bertz CT molecular complexity index is 932. The third kappa shape index (κ3) is 5.80. The van der Waals surface area contributed by atoms with Crippen molar-refractivity contribution < 1.29 is 4.79 Å². The maximum atomic E-state index is 13.6. The molecule has 8 nitrogen and oxygen atoms in total. The zero-order valence-electron chi connectivity index (χ0n) is 22.4. The van der Waals surface area contributed by atoms with E-state index in [1.807, 2.05) is 24.8 Å². The number of likely N-dealkylation sites (tertiary alicyclic amines) is 2. The fraction of sp³-hybridized carbons (Fsp3) is 0.759. The molecule has 2 aromatic heterocycles. The van der Waals surface area contributed by atoms with E-state index in [0.29, 0.717) is 17.4 Å². The van der Waals surface area contributed by atoms with Gasteiger partial charge in [-0.3, -0.25) is 9.69 Å². The Kier molecular flexibility index (Phi) is 7.65. The highest BCUT2D eigenvalue weighted by Crippen LogP contribution is 2.43. The van der Waals surface area contributed by atoms with Crippen LogP contribution in [0.3, 0.4) is 0 Å². The maximum Gasteiger partial charge on any atom is 0.225 e. The summed E-state index contributed by atoms with van der Waals surface area (Å²) in [6.07, 6.45) is 22.4. The molecule has 2 saturated carbocycles. The van der Waals surface area contributed by atoms with E-state index in [-0.39, 0.29) is 5.92 Å². The van der Waals surface area contributed by atoms with Crippen LogP contribution in [-0.4, -0.2) is 78.8 Å². The smallest absolute Gasteiger partial charge is 0.225 e. The van der Waals surface area contributed by atoms with Crippen molar-refractivity contribution in [2.75, 3.05) is 26.2 Å². The molecule has 2 aliphatic carbocycles. The Morgan fingerprint density at radius 1 is 0.865 bits per heavy atom. The number of piperidine rings is 1. The van der Waals surface area contributed by atoms with Gasteiger partial charge in [0.05, 0.1) is 13.1 Å². The lowest BCUT2D eigenvalue weighted by Gasteiger charge is -2.44. The van der Waals surface area contributed by atoms with Gasteiger partial charge in [0, 0.05) is 55.9 Å². The van der Waals surface area contributed by atoms with Gasteiger partial charge in [0.1, 0.15) is 11.6 Å². The van der Waals surface area contributed by atoms with Gasteiger partial charge in [-0.05, 0) is 76.3 Å². The summed E-state index contributed by atoms with van der Waals surface area (Å²) in [5.41, 5.74) is 0.390. The second kappa shape index (κ2) is 11.3. The van der Waals surface area contributed by atoms with E-state index in [1.54, 1.807) is 0 Å². The van der Waals surface area contributed by atoms with Crippen LogP contribution in [0.15, 0.2) is 24.8 Å². The number of aromatic nitrogens is 4. The number of imidazole rings is 2. The predicted octanol–water partition coefficient (Wildman–Crippen LogP) is 4.34. The van der Waals surface area contributed by atoms with Crippen molar-refractivity contribution in [3.05, 3.63) is 36.4 Å². The Labute approximate surface area is 221 Å². The Morgan fingerprint density at radius 3 is 2.08 bits per heavy atom. The van der Waals surface area contributed by atoms with Crippen molar-refractivity contribution >= 4 is 5.91 Å². The number of nitrogens with one attached hydrogen (secondary N) is 2. The van der Waals surface area contributed by atoms with Crippen LogP contribution in [0.1, 0.15) is 88.7 Å². The van der Waals surface area contributed by atoms with E-state index in [0.717, 1.165) is 69.6 Å². The summed E-state index contributed by atoms with van der Waals surface area (Å²) >= 11 is 0. The van der Waals surface area contributed by atoms with Crippen molar-refractivity contribution in [2.45, 2.75) is 102 Å².